The van der Waals surface area contributed by atoms with Crippen LogP contribution in [-0.4, -0.2) is 28.6 Å². The van der Waals surface area contributed by atoms with Gasteiger partial charge in [0.15, 0.2) is 0 Å². The van der Waals surface area contributed by atoms with Gasteiger partial charge in [-0.15, -0.1) is 0 Å². The Balaban J connectivity index is 2.01. The summed E-state index contributed by atoms with van der Waals surface area (Å²) in [6, 6.07) is 2.85. The van der Waals surface area contributed by atoms with Crippen molar-refractivity contribution >= 4 is 11.6 Å². The Morgan fingerprint density at radius 1 is 1.50 bits per heavy atom. The van der Waals surface area contributed by atoms with Crippen LogP contribution in [0.25, 0.3) is 0 Å². The summed E-state index contributed by atoms with van der Waals surface area (Å²) < 4.78 is 13.5. The Morgan fingerprint density at radius 3 is 2.85 bits per heavy atom. The van der Waals surface area contributed by atoms with E-state index in [-0.39, 0.29) is 23.3 Å². The summed E-state index contributed by atoms with van der Waals surface area (Å²) in [5.41, 5.74) is -0.661. The molecule has 1 saturated carbocycles. The van der Waals surface area contributed by atoms with Crippen LogP contribution in [0.5, 0.6) is 0 Å². The molecule has 2 N–H and O–H groups in total. The van der Waals surface area contributed by atoms with E-state index in [0.29, 0.717) is 19.4 Å². The van der Waals surface area contributed by atoms with Crippen molar-refractivity contribution in [1.82, 2.24) is 5.32 Å². The van der Waals surface area contributed by atoms with E-state index in [2.05, 4.69) is 5.32 Å². The Hall–Kier alpha value is -2.02. The maximum atomic E-state index is 13.5. The molecule has 0 saturated heterocycles. The highest BCUT2D eigenvalue weighted by Gasteiger charge is 2.24. The number of hydrogen-bond acceptors (Lipinski definition) is 4. The number of carbonyl (C=O) groups is 1. The number of nitro groups is 1. The molecule has 0 radical (unpaired) electrons. The van der Waals surface area contributed by atoms with E-state index in [1.165, 1.54) is 0 Å². The molecule has 0 spiro atoms. The number of nitrogens with zero attached hydrogens (tertiary/aromatic N) is 1. The number of halogens is 1. The molecule has 7 heteroatoms. The Morgan fingerprint density at radius 2 is 2.25 bits per heavy atom. The SMILES string of the molecule is O=C(NCC1CCC(O)C1)c1cc([N+](=O)[O-])ccc1F. The van der Waals surface area contributed by atoms with E-state index in [9.17, 15) is 24.4 Å². The zero-order valence-corrected chi connectivity index (χ0v) is 10.7. The summed E-state index contributed by atoms with van der Waals surface area (Å²) in [5, 5.41) is 22.5. The van der Waals surface area contributed by atoms with E-state index in [0.717, 1.165) is 24.6 Å². The zero-order chi connectivity index (χ0) is 14.7. The number of benzene rings is 1. The maximum absolute atomic E-state index is 13.5. The van der Waals surface area contributed by atoms with Crippen LogP contribution in [0.1, 0.15) is 29.6 Å². The van der Waals surface area contributed by atoms with Gasteiger partial charge in [0.2, 0.25) is 0 Å². The van der Waals surface area contributed by atoms with Crippen molar-refractivity contribution in [3.8, 4) is 0 Å². The number of aliphatic hydroxyl groups is 1. The van der Waals surface area contributed by atoms with Gasteiger partial charge in [-0.25, -0.2) is 4.39 Å². The summed E-state index contributed by atoms with van der Waals surface area (Å²) in [4.78, 5) is 21.8. The predicted octanol–water partition coefficient (Wildman–Crippen LogP) is 1.62. The summed E-state index contributed by atoms with van der Waals surface area (Å²) in [5.74, 6) is -1.30. The van der Waals surface area contributed by atoms with Gasteiger partial charge in [0.1, 0.15) is 5.82 Å². The highest BCUT2D eigenvalue weighted by molar-refractivity contribution is 5.95. The average Bonchev–Trinajstić information content (AvgIpc) is 2.82. The molecule has 1 aliphatic carbocycles. The molecule has 2 unspecified atom stereocenters. The predicted molar refractivity (Wildman–Crippen MR) is 68.7 cm³/mol. The van der Waals surface area contributed by atoms with Crippen molar-refractivity contribution < 1.29 is 19.2 Å². The minimum Gasteiger partial charge on any atom is -0.393 e. The van der Waals surface area contributed by atoms with Crippen LogP contribution in [0.4, 0.5) is 10.1 Å². The average molecular weight is 282 g/mol. The molecular formula is C13H15FN2O4. The summed E-state index contributed by atoms with van der Waals surface area (Å²) in [7, 11) is 0. The van der Waals surface area contributed by atoms with Gasteiger partial charge in [0, 0.05) is 18.7 Å². The smallest absolute Gasteiger partial charge is 0.270 e. The van der Waals surface area contributed by atoms with E-state index in [1.807, 2.05) is 0 Å². The highest BCUT2D eigenvalue weighted by atomic mass is 19.1. The third-order valence-electron chi connectivity index (χ3n) is 3.47. The van der Waals surface area contributed by atoms with Crippen molar-refractivity contribution in [2.75, 3.05) is 6.54 Å². The van der Waals surface area contributed by atoms with Gasteiger partial charge in [0.25, 0.3) is 11.6 Å². The molecule has 6 nitrogen and oxygen atoms in total. The van der Waals surface area contributed by atoms with Gasteiger partial charge in [-0.1, -0.05) is 0 Å². The number of nitro benzene ring substituents is 1. The van der Waals surface area contributed by atoms with Crippen LogP contribution in [0.2, 0.25) is 0 Å². The number of aliphatic hydroxyl groups excluding tert-OH is 1. The highest BCUT2D eigenvalue weighted by Crippen LogP contribution is 2.24. The number of carbonyl (C=O) groups excluding carboxylic acids is 1. The molecule has 1 aromatic carbocycles. The second kappa shape index (κ2) is 5.96. The Bertz CT molecular complexity index is 535. The van der Waals surface area contributed by atoms with E-state index < -0.39 is 16.6 Å². The standard InChI is InChI=1S/C13H15FN2O4/c14-12-4-2-9(16(19)20)6-11(12)13(18)15-7-8-1-3-10(17)5-8/h2,4,6,8,10,17H,1,3,5,7H2,(H,15,18). The zero-order valence-electron chi connectivity index (χ0n) is 10.7. The first-order chi connectivity index (χ1) is 9.47. The third-order valence-corrected chi connectivity index (χ3v) is 3.47. The largest absolute Gasteiger partial charge is 0.393 e. The summed E-state index contributed by atoms with van der Waals surface area (Å²) in [6.45, 7) is 0.331. The molecule has 20 heavy (non-hydrogen) atoms. The second-order valence-corrected chi connectivity index (χ2v) is 4.96. The summed E-state index contributed by atoms with van der Waals surface area (Å²) in [6.07, 6.45) is 1.77. The van der Waals surface area contributed by atoms with Crippen LogP contribution in [0.3, 0.4) is 0 Å². The van der Waals surface area contributed by atoms with E-state index >= 15 is 0 Å². The topological polar surface area (TPSA) is 92.5 Å². The van der Waals surface area contributed by atoms with Crippen molar-refractivity contribution in [2.24, 2.45) is 5.92 Å². The number of hydrogen-bond donors (Lipinski definition) is 2. The number of non-ortho nitro benzene ring substituents is 1. The van der Waals surface area contributed by atoms with E-state index in [1.54, 1.807) is 0 Å². The van der Waals surface area contributed by atoms with Gasteiger partial charge in [-0.2, -0.15) is 0 Å². The van der Waals surface area contributed by atoms with Gasteiger partial charge in [-0.3, -0.25) is 14.9 Å². The molecule has 1 aromatic rings. The van der Waals surface area contributed by atoms with Gasteiger partial charge in [0.05, 0.1) is 16.6 Å². The molecule has 1 fully saturated rings. The second-order valence-electron chi connectivity index (χ2n) is 4.96. The summed E-state index contributed by atoms with van der Waals surface area (Å²) >= 11 is 0. The molecule has 108 valence electrons. The normalized spacial score (nSPS) is 21.7. The van der Waals surface area contributed by atoms with Gasteiger partial charge >= 0.3 is 0 Å². The van der Waals surface area contributed by atoms with Gasteiger partial charge < -0.3 is 10.4 Å². The molecule has 2 rings (SSSR count). The van der Waals surface area contributed by atoms with Crippen LogP contribution >= 0.6 is 0 Å². The molecular weight excluding hydrogens is 267 g/mol. The minimum absolute atomic E-state index is 0.163. The van der Waals surface area contributed by atoms with Crippen LogP contribution < -0.4 is 5.32 Å². The first-order valence-electron chi connectivity index (χ1n) is 6.37. The lowest BCUT2D eigenvalue weighted by Crippen LogP contribution is -2.29. The third kappa shape index (κ3) is 3.30. The van der Waals surface area contributed by atoms with Crippen molar-refractivity contribution in [3.63, 3.8) is 0 Å². The van der Waals surface area contributed by atoms with Crippen molar-refractivity contribution in [1.29, 1.82) is 0 Å². The van der Waals surface area contributed by atoms with Gasteiger partial charge in [-0.05, 0) is 31.2 Å². The van der Waals surface area contributed by atoms with Crippen molar-refractivity contribution in [2.45, 2.75) is 25.4 Å². The number of rotatable bonds is 4. The minimum atomic E-state index is -0.792. The van der Waals surface area contributed by atoms with Crippen molar-refractivity contribution in [3.05, 3.63) is 39.7 Å². The number of nitrogens with one attached hydrogen (secondary N) is 1. The lowest BCUT2D eigenvalue weighted by molar-refractivity contribution is -0.384. The fourth-order valence-electron chi connectivity index (χ4n) is 2.37. The fraction of sp³-hybridized carbons (Fsp3) is 0.462. The van der Waals surface area contributed by atoms with Crippen LogP contribution in [-0.2, 0) is 0 Å². The molecule has 0 aliphatic heterocycles. The first-order valence-corrected chi connectivity index (χ1v) is 6.37. The lowest BCUT2D eigenvalue weighted by Gasteiger charge is -2.11. The van der Waals surface area contributed by atoms with Crippen LogP contribution in [0, 0.1) is 21.8 Å². The molecule has 2 atom stereocenters. The molecule has 1 aliphatic rings. The quantitative estimate of drug-likeness (QED) is 0.648. The lowest BCUT2D eigenvalue weighted by atomic mass is 10.1. The Kier molecular flexibility index (Phi) is 4.29. The van der Waals surface area contributed by atoms with Crippen LogP contribution in [0.15, 0.2) is 18.2 Å². The first kappa shape index (κ1) is 14.4. The molecule has 0 bridgehead atoms. The number of amides is 1. The maximum Gasteiger partial charge on any atom is 0.270 e. The molecule has 0 heterocycles. The fourth-order valence-corrected chi connectivity index (χ4v) is 2.37. The molecule has 0 aromatic heterocycles. The molecule has 1 amide bonds. The van der Waals surface area contributed by atoms with E-state index in [4.69, 9.17) is 0 Å². The monoisotopic (exact) mass is 282 g/mol. The Labute approximate surface area is 114 Å².